The summed E-state index contributed by atoms with van der Waals surface area (Å²) in [4.78, 5) is 40.3. The Bertz CT molecular complexity index is 1210. The molecule has 2 aromatic rings. The number of rotatable bonds is 18. The zero-order valence-electron chi connectivity index (χ0n) is 27.7. The third-order valence-corrected chi connectivity index (χ3v) is 9.44. The van der Waals surface area contributed by atoms with Crippen LogP contribution in [0, 0.1) is 17.8 Å². The Kier molecular flexibility index (Phi) is 14.5. The molecule has 2 N–H and O–H groups in total. The molecular weight excluding hydrogens is 572 g/mol. The predicted octanol–water partition coefficient (Wildman–Crippen LogP) is 5.36. The maximum atomic E-state index is 13.7. The van der Waals surface area contributed by atoms with Crippen LogP contribution in [0.25, 0.3) is 0 Å². The first-order valence-electron chi connectivity index (χ1n) is 16.2. The number of likely N-dealkylation sites (tertiary alicyclic amines) is 1. The molecule has 45 heavy (non-hydrogen) atoms. The van der Waals surface area contributed by atoms with E-state index in [4.69, 9.17) is 19.3 Å². The fraction of sp³-hybridized carbons (Fsp3) is 0.583. The highest BCUT2D eigenvalue weighted by molar-refractivity contribution is 5.87. The van der Waals surface area contributed by atoms with Gasteiger partial charge in [-0.3, -0.25) is 9.59 Å². The molecule has 0 unspecified atom stereocenters. The standard InChI is InChI=1S/C36H52N2O7/c1-7-24(2)25(3)32(43-5)21-33(39)38-19-11-14-31(38)34(44-6)26(4)35(40)37-30(20-27-12-9-8-10-13-27)23-45-22-28-15-17-29(18-16-28)36(41)42/h8-10,12-13,15-18,24-26,30-32,34H,7,11,14,19-23H2,1-6H3,(H,37,40)(H,41,42)/t24-,25-,26+,30-,31-,32+,34+/m0/s1. The van der Waals surface area contributed by atoms with Crippen LogP contribution in [0.5, 0.6) is 0 Å². The first-order valence-corrected chi connectivity index (χ1v) is 16.2. The number of methoxy groups -OCH3 is 2. The van der Waals surface area contributed by atoms with Crippen LogP contribution in [0.2, 0.25) is 0 Å². The summed E-state index contributed by atoms with van der Waals surface area (Å²) < 4.78 is 17.7. The Morgan fingerprint density at radius 1 is 0.978 bits per heavy atom. The molecule has 0 aromatic heterocycles. The van der Waals surface area contributed by atoms with Crippen molar-refractivity contribution < 1.29 is 33.7 Å². The van der Waals surface area contributed by atoms with Crippen LogP contribution in [0.1, 0.15) is 74.9 Å². The zero-order valence-corrected chi connectivity index (χ0v) is 27.7. The quantitative estimate of drug-likeness (QED) is 0.230. The summed E-state index contributed by atoms with van der Waals surface area (Å²) in [6, 6.07) is 16.0. The lowest BCUT2D eigenvalue weighted by Crippen LogP contribution is -2.52. The van der Waals surface area contributed by atoms with Crippen molar-refractivity contribution in [2.45, 2.75) is 90.7 Å². The number of ether oxygens (including phenoxy) is 3. The molecule has 0 aliphatic carbocycles. The first-order chi connectivity index (χ1) is 21.6. The van der Waals surface area contributed by atoms with Crippen LogP contribution < -0.4 is 5.32 Å². The highest BCUT2D eigenvalue weighted by Crippen LogP contribution is 2.29. The van der Waals surface area contributed by atoms with E-state index in [2.05, 4.69) is 26.1 Å². The number of carboxylic acid groups (broad SMARTS) is 1. The van der Waals surface area contributed by atoms with Gasteiger partial charge in [0.05, 0.1) is 55.4 Å². The lowest BCUT2D eigenvalue weighted by atomic mass is 9.87. The summed E-state index contributed by atoms with van der Waals surface area (Å²) in [5.41, 5.74) is 2.13. The van der Waals surface area contributed by atoms with Crippen LogP contribution in [-0.2, 0) is 36.8 Å². The maximum Gasteiger partial charge on any atom is 0.335 e. The van der Waals surface area contributed by atoms with E-state index in [1.54, 1.807) is 38.5 Å². The average Bonchev–Trinajstić information content (AvgIpc) is 3.53. The Morgan fingerprint density at radius 3 is 2.27 bits per heavy atom. The van der Waals surface area contributed by atoms with Crippen molar-refractivity contribution in [2.75, 3.05) is 27.4 Å². The molecule has 248 valence electrons. The second-order valence-corrected chi connectivity index (χ2v) is 12.4. The monoisotopic (exact) mass is 624 g/mol. The molecule has 1 aliphatic heterocycles. The van der Waals surface area contributed by atoms with Crippen molar-refractivity contribution in [3.63, 3.8) is 0 Å². The highest BCUT2D eigenvalue weighted by Gasteiger charge is 2.41. The molecule has 1 aliphatic rings. The minimum atomic E-state index is -0.975. The van der Waals surface area contributed by atoms with Gasteiger partial charge in [-0.2, -0.15) is 0 Å². The summed E-state index contributed by atoms with van der Waals surface area (Å²) in [6.45, 7) is 9.55. The van der Waals surface area contributed by atoms with Gasteiger partial charge in [0.1, 0.15) is 0 Å². The van der Waals surface area contributed by atoms with Gasteiger partial charge in [0.2, 0.25) is 11.8 Å². The second kappa shape index (κ2) is 18.0. The Hall–Kier alpha value is -3.27. The summed E-state index contributed by atoms with van der Waals surface area (Å²) in [5.74, 6) is -0.902. The van der Waals surface area contributed by atoms with Gasteiger partial charge in [0, 0.05) is 20.8 Å². The van der Waals surface area contributed by atoms with Gasteiger partial charge in [-0.05, 0) is 54.4 Å². The van der Waals surface area contributed by atoms with E-state index < -0.39 is 18.0 Å². The van der Waals surface area contributed by atoms with Gasteiger partial charge in [-0.25, -0.2) is 4.79 Å². The van der Waals surface area contributed by atoms with Gasteiger partial charge in [0.25, 0.3) is 0 Å². The fourth-order valence-corrected chi connectivity index (χ4v) is 6.24. The average molecular weight is 625 g/mol. The topological polar surface area (TPSA) is 114 Å². The van der Waals surface area contributed by atoms with Gasteiger partial charge < -0.3 is 29.5 Å². The molecule has 0 bridgehead atoms. The molecule has 2 amide bonds. The number of nitrogens with one attached hydrogen (secondary N) is 1. The molecule has 7 atom stereocenters. The van der Waals surface area contributed by atoms with Gasteiger partial charge in [-0.15, -0.1) is 0 Å². The smallest absolute Gasteiger partial charge is 0.335 e. The van der Waals surface area contributed by atoms with Crippen molar-refractivity contribution in [1.29, 1.82) is 0 Å². The molecule has 1 saturated heterocycles. The fourth-order valence-electron chi connectivity index (χ4n) is 6.24. The van der Waals surface area contributed by atoms with Crippen LogP contribution >= 0.6 is 0 Å². The Labute approximate surface area is 268 Å². The number of nitrogens with zero attached hydrogens (tertiary/aromatic N) is 1. The lowest BCUT2D eigenvalue weighted by Gasteiger charge is -2.35. The minimum absolute atomic E-state index is 0.0425. The third kappa shape index (κ3) is 10.4. The predicted molar refractivity (Wildman–Crippen MR) is 174 cm³/mol. The summed E-state index contributed by atoms with van der Waals surface area (Å²) in [5, 5.41) is 12.3. The summed E-state index contributed by atoms with van der Waals surface area (Å²) in [6.07, 6.45) is 2.93. The molecule has 0 radical (unpaired) electrons. The number of carbonyl (C=O) groups excluding carboxylic acids is 2. The van der Waals surface area contributed by atoms with E-state index >= 15 is 0 Å². The normalized spacial score (nSPS) is 18.9. The van der Waals surface area contributed by atoms with Gasteiger partial charge in [0.15, 0.2) is 0 Å². The third-order valence-electron chi connectivity index (χ3n) is 9.44. The van der Waals surface area contributed by atoms with Crippen LogP contribution in [-0.4, -0.2) is 79.5 Å². The number of hydrogen-bond donors (Lipinski definition) is 2. The van der Waals surface area contributed by atoms with E-state index in [9.17, 15) is 14.4 Å². The van der Waals surface area contributed by atoms with Crippen molar-refractivity contribution in [3.05, 3.63) is 71.3 Å². The van der Waals surface area contributed by atoms with E-state index in [0.29, 0.717) is 25.3 Å². The Morgan fingerprint density at radius 2 is 1.67 bits per heavy atom. The molecule has 9 nitrogen and oxygen atoms in total. The molecular formula is C36H52N2O7. The van der Waals surface area contributed by atoms with Crippen LogP contribution in [0.3, 0.4) is 0 Å². The number of benzene rings is 2. The largest absolute Gasteiger partial charge is 0.478 e. The van der Waals surface area contributed by atoms with Gasteiger partial charge >= 0.3 is 5.97 Å². The molecule has 1 fully saturated rings. The summed E-state index contributed by atoms with van der Waals surface area (Å²) >= 11 is 0. The molecule has 3 rings (SSSR count). The van der Waals surface area contributed by atoms with Crippen molar-refractivity contribution in [1.82, 2.24) is 10.2 Å². The second-order valence-electron chi connectivity index (χ2n) is 12.4. The first kappa shape index (κ1) is 36.2. The minimum Gasteiger partial charge on any atom is -0.478 e. The summed E-state index contributed by atoms with van der Waals surface area (Å²) in [7, 11) is 3.28. The molecule has 0 saturated carbocycles. The molecule has 1 heterocycles. The van der Waals surface area contributed by atoms with Crippen LogP contribution in [0.4, 0.5) is 0 Å². The lowest BCUT2D eigenvalue weighted by molar-refractivity contribution is -0.143. The van der Waals surface area contributed by atoms with E-state index in [1.807, 2.05) is 42.2 Å². The van der Waals surface area contributed by atoms with Crippen molar-refractivity contribution >= 4 is 17.8 Å². The SMILES string of the molecule is CC[C@H](C)[C@H](C)[C@@H](CC(=O)N1CCC[C@H]1[C@H](OC)[C@@H](C)C(=O)N[C@H](COCc1ccc(C(=O)O)cc1)Cc1ccccc1)OC. The van der Waals surface area contributed by atoms with Crippen LogP contribution in [0.15, 0.2) is 54.6 Å². The molecule has 9 heteroatoms. The zero-order chi connectivity index (χ0) is 32.9. The number of aromatic carboxylic acids is 1. The van der Waals surface area contributed by atoms with Crippen molar-refractivity contribution in [3.8, 4) is 0 Å². The number of amides is 2. The van der Waals surface area contributed by atoms with E-state index in [1.165, 1.54) is 0 Å². The van der Waals surface area contributed by atoms with Crippen molar-refractivity contribution in [2.24, 2.45) is 17.8 Å². The molecule has 2 aromatic carbocycles. The van der Waals surface area contributed by atoms with E-state index in [-0.39, 0.29) is 54.7 Å². The Balaban J connectivity index is 1.66. The van der Waals surface area contributed by atoms with E-state index in [0.717, 1.165) is 30.4 Å². The number of carbonyl (C=O) groups is 3. The molecule has 0 spiro atoms. The highest BCUT2D eigenvalue weighted by atomic mass is 16.5. The van der Waals surface area contributed by atoms with Gasteiger partial charge in [-0.1, -0.05) is 76.6 Å². The number of carboxylic acids is 1. The maximum absolute atomic E-state index is 13.7. The number of hydrogen-bond acceptors (Lipinski definition) is 6.